The van der Waals surface area contributed by atoms with E-state index in [1.54, 1.807) is 12.1 Å². The SMILES string of the molecule is CCCNCCNC(=O)c1ccc2c(c1)NC(=O)CS2. The smallest absolute Gasteiger partial charge is 0.251 e. The van der Waals surface area contributed by atoms with Crippen LogP contribution in [0.25, 0.3) is 0 Å². The van der Waals surface area contributed by atoms with Crippen molar-refractivity contribution in [3.63, 3.8) is 0 Å². The van der Waals surface area contributed by atoms with Gasteiger partial charge in [-0.25, -0.2) is 0 Å². The second kappa shape index (κ2) is 7.31. The van der Waals surface area contributed by atoms with Gasteiger partial charge in [-0.15, -0.1) is 11.8 Å². The zero-order valence-corrected chi connectivity index (χ0v) is 12.3. The van der Waals surface area contributed by atoms with Gasteiger partial charge >= 0.3 is 0 Å². The number of thioether (sulfide) groups is 1. The molecule has 2 amide bonds. The molecule has 0 aromatic heterocycles. The van der Waals surface area contributed by atoms with Gasteiger partial charge in [-0.05, 0) is 31.2 Å². The lowest BCUT2D eigenvalue weighted by molar-refractivity contribution is -0.113. The third kappa shape index (κ3) is 3.98. The van der Waals surface area contributed by atoms with Crippen molar-refractivity contribution in [1.82, 2.24) is 10.6 Å². The van der Waals surface area contributed by atoms with Crippen LogP contribution in [0, 0.1) is 0 Å². The number of hydrogen-bond donors (Lipinski definition) is 3. The summed E-state index contributed by atoms with van der Waals surface area (Å²) in [4.78, 5) is 24.3. The number of fused-ring (bicyclic) bond motifs is 1. The minimum absolute atomic E-state index is 0.0242. The van der Waals surface area contributed by atoms with Crippen molar-refractivity contribution in [3.8, 4) is 0 Å². The van der Waals surface area contributed by atoms with Gasteiger partial charge in [-0.2, -0.15) is 0 Å². The van der Waals surface area contributed by atoms with Crippen molar-refractivity contribution < 1.29 is 9.59 Å². The average molecular weight is 293 g/mol. The van der Waals surface area contributed by atoms with Crippen LogP contribution in [0.2, 0.25) is 0 Å². The lowest BCUT2D eigenvalue weighted by Gasteiger charge is -2.17. The van der Waals surface area contributed by atoms with Crippen molar-refractivity contribution in [2.75, 3.05) is 30.7 Å². The van der Waals surface area contributed by atoms with Crippen molar-refractivity contribution in [1.29, 1.82) is 0 Å². The van der Waals surface area contributed by atoms with E-state index in [1.807, 2.05) is 6.07 Å². The highest BCUT2D eigenvalue weighted by atomic mass is 32.2. The topological polar surface area (TPSA) is 70.2 Å². The van der Waals surface area contributed by atoms with Gasteiger partial charge < -0.3 is 16.0 Å². The maximum absolute atomic E-state index is 12.0. The number of nitrogens with one attached hydrogen (secondary N) is 3. The minimum Gasteiger partial charge on any atom is -0.351 e. The number of rotatable bonds is 6. The summed E-state index contributed by atoms with van der Waals surface area (Å²) in [6, 6.07) is 5.40. The maximum Gasteiger partial charge on any atom is 0.251 e. The molecule has 0 aliphatic carbocycles. The molecule has 0 saturated carbocycles. The van der Waals surface area contributed by atoms with Crippen LogP contribution >= 0.6 is 11.8 Å². The molecule has 3 N–H and O–H groups in total. The van der Waals surface area contributed by atoms with Gasteiger partial charge in [-0.1, -0.05) is 6.92 Å². The van der Waals surface area contributed by atoms with Gasteiger partial charge in [-0.3, -0.25) is 9.59 Å². The monoisotopic (exact) mass is 293 g/mol. The normalized spacial score (nSPS) is 13.6. The van der Waals surface area contributed by atoms with Gasteiger partial charge in [0.2, 0.25) is 5.91 Å². The quantitative estimate of drug-likeness (QED) is 0.695. The summed E-state index contributed by atoms with van der Waals surface area (Å²) < 4.78 is 0. The molecule has 1 aliphatic rings. The predicted octanol–water partition coefficient (Wildman–Crippen LogP) is 1.46. The van der Waals surface area contributed by atoms with E-state index in [1.165, 1.54) is 11.8 Å². The summed E-state index contributed by atoms with van der Waals surface area (Å²) in [6.45, 7) is 4.41. The molecule has 0 saturated heterocycles. The number of amides is 2. The Hall–Kier alpha value is -1.53. The molecule has 0 fully saturated rings. The van der Waals surface area contributed by atoms with E-state index >= 15 is 0 Å². The Labute approximate surface area is 122 Å². The number of carbonyl (C=O) groups is 2. The molecule has 108 valence electrons. The Morgan fingerprint density at radius 2 is 2.20 bits per heavy atom. The molecule has 20 heavy (non-hydrogen) atoms. The Bertz CT molecular complexity index is 505. The first-order valence-corrected chi connectivity index (χ1v) is 7.75. The number of carbonyl (C=O) groups excluding carboxylic acids is 2. The molecular formula is C14H19N3O2S. The van der Waals surface area contributed by atoms with E-state index in [-0.39, 0.29) is 11.8 Å². The summed E-state index contributed by atoms with van der Waals surface area (Å²) in [5.74, 6) is 0.293. The third-order valence-corrected chi connectivity index (χ3v) is 3.96. The molecule has 5 nitrogen and oxygen atoms in total. The lowest BCUT2D eigenvalue weighted by Crippen LogP contribution is -2.32. The molecule has 2 rings (SSSR count). The first-order chi connectivity index (χ1) is 9.70. The average Bonchev–Trinajstić information content (AvgIpc) is 2.46. The fourth-order valence-corrected chi connectivity index (χ4v) is 2.68. The lowest BCUT2D eigenvalue weighted by atomic mass is 10.2. The van der Waals surface area contributed by atoms with Crippen molar-refractivity contribution in [2.24, 2.45) is 0 Å². The van der Waals surface area contributed by atoms with E-state index in [0.29, 0.717) is 17.9 Å². The van der Waals surface area contributed by atoms with Crippen LogP contribution in [0.1, 0.15) is 23.7 Å². The molecule has 0 radical (unpaired) electrons. The third-order valence-electron chi connectivity index (χ3n) is 2.89. The molecule has 1 aliphatic heterocycles. The second-order valence-corrected chi connectivity index (χ2v) is 5.57. The molecule has 0 atom stereocenters. The van der Waals surface area contributed by atoms with Crippen LogP contribution in [0.5, 0.6) is 0 Å². The standard InChI is InChI=1S/C14H19N3O2S/c1-2-5-15-6-7-16-14(19)10-3-4-12-11(8-10)17-13(18)9-20-12/h3-4,8,15H,2,5-7,9H2,1H3,(H,16,19)(H,17,18). The minimum atomic E-state index is -0.115. The first kappa shape index (κ1) is 14.9. The molecule has 1 aromatic rings. The van der Waals surface area contributed by atoms with Gasteiger partial charge in [0.15, 0.2) is 0 Å². The highest BCUT2D eigenvalue weighted by molar-refractivity contribution is 8.00. The highest BCUT2D eigenvalue weighted by Gasteiger charge is 2.17. The summed E-state index contributed by atoms with van der Waals surface area (Å²) in [5, 5.41) is 8.86. The largest absolute Gasteiger partial charge is 0.351 e. The molecule has 1 heterocycles. The van der Waals surface area contributed by atoms with E-state index in [2.05, 4.69) is 22.9 Å². The Kier molecular flexibility index (Phi) is 5.43. The van der Waals surface area contributed by atoms with Crippen molar-refractivity contribution >= 4 is 29.3 Å². The van der Waals surface area contributed by atoms with Crippen LogP contribution in [-0.2, 0) is 4.79 Å². The van der Waals surface area contributed by atoms with E-state index in [9.17, 15) is 9.59 Å². The summed E-state index contributed by atoms with van der Waals surface area (Å²) in [6.07, 6.45) is 1.08. The van der Waals surface area contributed by atoms with E-state index < -0.39 is 0 Å². The first-order valence-electron chi connectivity index (χ1n) is 6.76. The van der Waals surface area contributed by atoms with E-state index in [0.717, 1.165) is 30.1 Å². The van der Waals surface area contributed by atoms with Crippen molar-refractivity contribution in [3.05, 3.63) is 23.8 Å². The Balaban J connectivity index is 1.90. The van der Waals surface area contributed by atoms with Crippen LogP contribution in [-0.4, -0.2) is 37.2 Å². The van der Waals surface area contributed by atoms with Gasteiger partial charge in [0.1, 0.15) is 0 Å². The zero-order valence-electron chi connectivity index (χ0n) is 11.5. The number of anilines is 1. The molecular weight excluding hydrogens is 274 g/mol. The van der Waals surface area contributed by atoms with Crippen molar-refractivity contribution in [2.45, 2.75) is 18.2 Å². The van der Waals surface area contributed by atoms with Crippen LogP contribution in [0.15, 0.2) is 23.1 Å². The Morgan fingerprint density at radius 1 is 1.35 bits per heavy atom. The van der Waals surface area contributed by atoms with Gasteiger partial charge in [0.25, 0.3) is 5.91 Å². The van der Waals surface area contributed by atoms with Crippen LogP contribution < -0.4 is 16.0 Å². The molecule has 6 heteroatoms. The number of hydrogen-bond acceptors (Lipinski definition) is 4. The molecule has 0 spiro atoms. The molecule has 1 aromatic carbocycles. The summed E-state index contributed by atoms with van der Waals surface area (Å²) in [7, 11) is 0. The summed E-state index contributed by atoms with van der Waals surface area (Å²) in [5.41, 5.74) is 1.30. The fraction of sp³-hybridized carbons (Fsp3) is 0.429. The highest BCUT2D eigenvalue weighted by Crippen LogP contribution is 2.31. The van der Waals surface area contributed by atoms with Crippen LogP contribution in [0.3, 0.4) is 0 Å². The van der Waals surface area contributed by atoms with Crippen LogP contribution in [0.4, 0.5) is 5.69 Å². The zero-order chi connectivity index (χ0) is 14.4. The summed E-state index contributed by atoms with van der Waals surface area (Å²) >= 11 is 1.49. The second-order valence-electron chi connectivity index (χ2n) is 4.55. The number of benzene rings is 1. The fourth-order valence-electron chi connectivity index (χ4n) is 1.89. The predicted molar refractivity (Wildman–Crippen MR) is 81.3 cm³/mol. The molecule has 0 unspecified atom stereocenters. The van der Waals surface area contributed by atoms with Gasteiger partial charge in [0.05, 0.1) is 11.4 Å². The maximum atomic E-state index is 12.0. The van der Waals surface area contributed by atoms with Gasteiger partial charge in [0, 0.05) is 23.5 Å². The Morgan fingerprint density at radius 3 is 3.00 bits per heavy atom. The van der Waals surface area contributed by atoms with E-state index in [4.69, 9.17) is 0 Å². The molecule has 0 bridgehead atoms.